The summed E-state index contributed by atoms with van der Waals surface area (Å²) < 4.78 is 0. The quantitative estimate of drug-likeness (QED) is 0.466. The van der Waals surface area contributed by atoms with E-state index >= 15 is 0 Å². The first-order chi connectivity index (χ1) is 7.88. The van der Waals surface area contributed by atoms with Gasteiger partial charge in [0.05, 0.1) is 6.42 Å². The third-order valence-corrected chi connectivity index (χ3v) is 2.14. The first kappa shape index (κ1) is 12.8. The zero-order chi connectivity index (χ0) is 13.1. The molecule has 1 rings (SSSR count). The van der Waals surface area contributed by atoms with Crippen LogP contribution in [0, 0.1) is 0 Å². The molecule has 1 aromatic heterocycles. The lowest BCUT2D eigenvalue weighted by Gasteiger charge is -2.20. The molecule has 17 heavy (non-hydrogen) atoms. The molecule has 1 heterocycles. The van der Waals surface area contributed by atoms with E-state index in [1.807, 2.05) is 0 Å². The number of nitrogens with zero attached hydrogens (tertiary/aromatic N) is 1. The van der Waals surface area contributed by atoms with Crippen LogP contribution in [0.4, 0.5) is 0 Å². The van der Waals surface area contributed by atoms with Crippen molar-refractivity contribution in [3.05, 3.63) is 30.1 Å². The van der Waals surface area contributed by atoms with Crippen molar-refractivity contribution in [1.29, 1.82) is 0 Å². The van der Waals surface area contributed by atoms with E-state index in [-0.39, 0.29) is 5.56 Å². The highest BCUT2D eigenvalue weighted by Crippen LogP contribution is 2.15. The number of hydrogen-bond acceptors (Lipinski definition) is 5. The number of nitrogens with two attached hydrogens (primary N) is 1. The molecule has 1 aromatic rings. The topological polar surface area (TPSA) is 131 Å². The van der Waals surface area contributed by atoms with E-state index in [0.717, 1.165) is 6.20 Å². The van der Waals surface area contributed by atoms with E-state index in [4.69, 9.17) is 15.9 Å². The van der Waals surface area contributed by atoms with E-state index in [9.17, 15) is 14.4 Å². The second-order valence-corrected chi connectivity index (χ2v) is 3.42. The number of rotatable bonds is 5. The Balaban J connectivity index is 3.12. The maximum atomic E-state index is 11.8. The predicted octanol–water partition coefficient (Wildman–Crippen LogP) is -0.479. The molecule has 0 aromatic carbocycles. The molecule has 0 aliphatic heterocycles. The minimum Gasteiger partial charge on any atom is -0.481 e. The number of ketones is 1. The molecule has 0 aliphatic carbocycles. The number of Topliss-reactive ketones (excluding diaryl/α,β-unsaturated/α-hetero) is 1. The van der Waals surface area contributed by atoms with Crippen LogP contribution in [0.2, 0.25) is 0 Å². The van der Waals surface area contributed by atoms with Gasteiger partial charge in [0.25, 0.3) is 0 Å². The molecule has 0 amide bonds. The van der Waals surface area contributed by atoms with Crippen LogP contribution in [-0.2, 0) is 9.59 Å². The first-order valence-corrected chi connectivity index (χ1v) is 4.57. The van der Waals surface area contributed by atoms with Crippen molar-refractivity contribution in [2.75, 3.05) is 0 Å². The second-order valence-electron chi connectivity index (χ2n) is 3.42. The van der Waals surface area contributed by atoms with Crippen molar-refractivity contribution in [3.8, 4) is 0 Å². The highest BCUT2D eigenvalue weighted by atomic mass is 16.4. The zero-order valence-electron chi connectivity index (χ0n) is 8.66. The molecule has 1 atom stereocenters. The standard InChI is InChI=1S/C10H10N2O5/c11-10(9(16)17,4-7(13)14)8(15)6-2-1-3-12-5-6/h1-3,5H,4,11H2,(H,13,14)(H,16,17)/t10-/m1/s1. The monoisotopic (exact) mass is 238 g/mol. The number of carboxylic acid groups (broad SMARTS) is 2. The molecule has 90 valence electrons. The highest BCUT2D eigenvalue weighted by molar-refractivity contribution is 6.17. The zero-order valence-corrected chi connectivity index (χ0v) is 8.66. The molecular weight excluding hydrogens is 228 g/mol. The fraction of sp³-hybridized carbons (Fsp3) is 0.200. The number of aromatic nitrogens is 1. The fourth-order valence-electron chi connectivity index (χ4n) is 1.25. The summed E-state index contributed by atoms with van der Waals surface area (Å²) in [6.45, 7) is 0. The maximum Gasteiger partial charge on any atom is 0.332 e. The molecule has 7 heteroatoms. The Morgan fingerprint density at radius 3 is 2.41 bits per heavy atom. The van der Waals surface area contributed by atoms with E-state index in [1.54, 1.807) is 0 Å². The molecule has 0 saturated heterocycles. The number of aliphatic carboxylic acids is 2. The highest BCUT2D eigenvalue weighted by Gasteiger charge is 2.44. The van der Waals surface area contributed by atoms with Crippen LogP contribution in [0.5, 0.6) is 0 Å². The van der Waals surface area contributed by atoms with Crippen LogP contribution in [0.25, 0.3) is 0 Å². The van der Waals surface area contributed by atoms with Crippen LogP contribution in [-0.4, -0.2) is 38.5 Å². The molecule has 7 nitrogen and oxygen atoms in total. The molecule has 4 N–H and O–H groups in total. The summed E-state index contributed by atoms with van der Waals surface area (Å²) in [4.78, 5) is 37.0. The summed E-state index contributed by atoms with van der Waals surface area (Å²) >= 11 is 0. The summed E-state index contributed by atoms with van der Waals surface area (Å²) in [5, 5.41) is 17.5. The molecule has 0 radical (unpaired) electrons. The van der Waals surface area contributed by atoms with Crippen molar-refractivity contribution in [3.63, 3.8) is 0 Å². The van der Waals surface area contributed by atoms with Gasteiger partial charge in [-0.2, -0.15) is 0 Å². The minimum atomic E-state index is -2.48. The van der Waals surface area contributed by atoms with E-state index < -0.39 is 29.7 Å². The van der Waals surface area contributed by atoms with Crippen molar-refractivity contribution >= 4 is 17.7 Å². The van der Waals surface area contributed by atoms with E-state index in [0.29, 0.717) is 0 Å². The van der Waals surface area contributed by atoms with Gasteiger partial charge >= 0.3 is 11.9 Å². The van der Waals surface area contributed by atoms with Crippen LogP contribution in [0.3, 0.4) is 0 Å². The molecule has 0 unspecified atom stereocenters. The lowest BCUT2D eigenvalue weighted by atomic mass is 9.88. The summed E-state index contributed by atoms with van der Waals surface area (Å²) in [6, 6.07) is 2.75. The van der Waals surface area contributed by atoms with Gasteiger partial charge in [-0.05, 0) is 12.1 Å². The number of hydrogen-bond donors (Lipinski definition) is 3. The van der Waals surface area contributed by atoms with Gasteiger partial charge in [-0.25, -0.2) is 4.79 Å². The Morgan fingerprint density at radius 2 is 2.00 bits per heavy atom. The van der Waals surface area contributed by atoms with Gasteiger partial charge in [-0.3, -0.25) is 14.6 Å². The normalized spacial score (nSPS) is 13.7. The summed E-state index contributed by atoms with van der Waals surface area (Å²) in [6.07, 6.45) is 1.54. The van der Waals surface area contributed by atoms with E-state index in [2.05, 4.69) is 4.98 Å². The Bertz CT molecular complexity index is 459. The average molecular weight is 238 g/mol. The van der Waals surface area contributed by atoms with Gasteiger partial charge in [0.2, 0.25) is 0 Å². The largest absolute Gasteiger partial charge is 0.481 e. The SMILES string of the molecule is N[C@@](CC(=O)O)(C(=O)O)C(=O)c1cccnc1. The third-order valence-electron chi connectivity index (χ3n) is 2.14. The average Bonchev–Trinajstić information content (AvgIpc) is 2.28. The Morgan fingerprint density at radius 1 is 1.35 bits per heavy atom. The molecule has 0 bridgehead atoms. The number of carboxylic acids is 2. The van der Waals surface area contributed by atoms with Gasteiger partial charge in [0, 0.05) is 18.0 Å². The minimum absolute atomic E-state index is 0.0429. The van der Waals surface area contributed by atoms with Crippen molar-refractivity contribution in [2.24, 2.45) is 5.73 Å². The molecule has 0 aliphatic rings. The second kappa shape index (κ2) is 4.71. The lowest BCUT2D eigenvalue weighted by Crippen LogP contribution is -2.56. The Labute approximate surface area is 95.9 Å². The van der Waals surface area contributed by atoms with Crippen LogP contribution >= 0.6 is 0 Å². The number of carbonyl (C=O) groups excluding carboxylic acids is 1. The Kier molecular flexibility index (Phi) is 3.54. The smallest absolute Gasteiger partial charge is 0.332 e. The maximum absolute atomic E-state index is 11.8. The molecule has 0 saturated carbocycles. The summed E-state index contributed by atoms with van der Waals surface area (Å²) in [5.41, 5.74) is 2.84. The lowest BCUT2D eigenvalue weighted by molar-refractivity contribution is -0.147. The summed E-state index contributed by atoms with van der Waals surface area (Å²) in [5.74, 6) is -4.14. The van der Waals surface area contributed by atoms with Gasteiger partial charge in [0.1, 0.15) is 0 Å². The van der Waals surface area contributed by atoms with Gasteiger partial charge < -0.3 is 15.9 Å². The molecular formula is C10H10N2O5. The van der Waals surface area contributed by atoms with Crippen LogP contribution in [0.1, 0.15) is 16.8 Å². The van der Waals surface area contributed by atoms with Gasteiger partial charge in [-0.1, -0.05) is 0 Å². The third kappa shape index (κ3) is 2.64. The Hall–Kier alpha value is -2.28. The van der Waals surface area contributed by atoms with Crippen LogP contribution < -0.4 is 5.73 Å². The van der Waals surface area contributed by atoms with Crippen molar-refractivity contribution < 1.29 is 24.6 Å². The molecule has 0 spiro atoms. The molecule has 0 fully saturated rings. The van der Waals surface area contributed by atoms with Gasteiger partial charge in [-0.15, -0.1) is 0 Å². The van der Waals surface area contributed by atoms with Crippen molar-refractivity contribution in [2.45, 2.75) is 12.0 Å². The van der Waals surface area contributed by atoms with Crippen LogP contribution in [0.15, 0.2) is 24.5 Å². The predicted molar refractivity (Wildman–Crippen MR) is 55.4 cm³/mol. The van der Waals surface area contributed by atoms with Gasteiger partial charge in [0.15, 0.2) is 11.3 Å². The number of carbonyl (C=O) groups is 3. The fourth-order valence-corrected chi connectivity index (χ4v) is 1.25. The number of pyridine rings is 1. The summed E-state index contributed by atoms with van der Waals surface area (Å²) in [7, 11) is 0. The van der Waals surface area contributed by atoms with E-state index in [1.165, 1.54) is 18.3 Å². The first-order valence-electron chi connectivity index (χ1n) is 4.57. The van der Waals surface area contributed by atoms with Crippen molar-refractivity contribution in [1.82, 2.24) is 4.98 Å².